The molecular formula is C16H12Cl3NO. The molecule has 108 valence electrons. The zero-order chi connectivity index (χ0) is 15.1. The maximum atomic E-state index is 11.5. The topological polar surface area (TPSA) is 29.1 Å². The largest absolute Gasteiger partial charge is 0.325 e. The van der Waals surface area contributed by atoms with Crippen molar-refractivity contribution in [3.05, 3.63) is 62.6 Å². The molecule has 0 fully saturated rings. The van der Waals surface area contributed by atoms with Crippen LogP contribution in [-0.4, -0.2) is 5.91 Å². The summed E-state index contributed by atoms with van der Waals surface area (Å²) in [5, 5.41) is 3.58. The van der Waals surface area contributed by atoms with E-state index in [0.29, 0.717) is 16.5 Å². The smallest absolute Gasteiger partial charge is 0.228 e. The van der Waals surface area contributed by atoms with Crippen molar-refractivity contribution in [2.75, 3.05) is 5.32 Å². The summed E-state index contributed by atoms with van der Waals surface area (Å²) >= 11 is 19.1. The number of rotatable bonds is 2. The van der Waals surface area contributed by atoms with Gasteiger partial charge in [-0.25, -0.2) is 0 Å². The number of carbonyl (C=O) groups excluding carboxylic acids is 1. The van der Waals surface area contributed by atoms with E-state index in [0.717, 1.165) is 27.9 Å². The van der Waals surface area contributed by atoms with Crippen molar-refractivity contribution in [1.29, 1.82) is 0 Å². The zero-order valence-corrected chi connectivity index (χ0v) is 13.5. The van der Waals surface area contributed by atoms with Gasteiger partial charge in [0.15, 0.2) is 0 Å². The van der Waals surface area contributed by atoms with Crippen molar-refractivity contribution < 1.29 is 4.79 Å². The monoisotopic (exact) mass is 339 g/mol. The van der Waals surface area contributed by atoms with Gasteiger partial charge in [0.1, 0.15) is 0 Å². The van der Waals surface area contributed by atoms with E-state index >= 15 is 0 Å². The van der Waals surface area contributed by atoms with E-state index in [1.54, 1.807) is 6.07 Å². The van der Waals surface area contributed by atoms with Crippen molar-refractivity contribution in [2.24, 2.45) is 0 Å². The predicted molar refractivity (Wildman–Crippen MR) is 87.7 cm³/mol. The van der Waals surface area contributed by atoms with Crippen molar-refractivity contribution in [2.45, 2.75) is 18.7 Å². The number of alkyl halides is 1. The van der Waals surface area contributed by atoms with E-state index in [9.17, 15) is 4.79 Å². The molecule has 1 aliphatic rings. The molecule has 2 aromatic rings. The van der Waals surface area contributed by atoms with E-state index in [4.69, 9.17) is 34.8 Å². The van der Waals surface area contributed by atoms with Crippen LogP contribution in [0, 0.1) is 6.92 Å². The molecule has 2 nitrogen and oxygen atoms in total. The highest BCUT2D eigenvalue weighted by molar-refractivity contribution is 6.34. The minimum absolute atomic E-state index is 0.0247. The second kappa shape index (κ2) is 5.53. The van der Waals surface area contributed by atoms with Crippen LogP contribution in [0.3, 0.4) is 0 Å². The fourth-order valence-electron chi connectivity index (χ4n) is 2.53. The summed E-state index contributed by atoms with van der Waals surface area (Å²) < 4.78 is 0. The number of fused-ring (bicyclic) bond motifs is 1. The van der Waals surface area contributed by atoms with Crippen molar-refractivity contribution in [3.8, 4) is 0 Å². The normalized spacial score (nSPS) is 14.8. The molecule has 1 N–H and O–H groups in total. The summed E-state index contributed by atoms with van der Waals surface area (Å²) in [7, 11) is 0. The molecule has 1 atom stereocenters. The third-order valence-electron chi connectivity index (χ3n) is 3.70. The number of halogens is 3. The van der Waals surface area contributed by atoms with Crippen molar-refractivity contribution in [1.82, 2.24) is 0 Å². The third kappa shape index (κ3) is 2.64. The van der Waals surface area contributed by atoms with E-state index in [2.05, 4.69) is 5.32 Å². The average Bonchev–Trinajstić information content (AvgIpc) is 2.79. The van der Waals surface area contributed by atoms with Gasteiger partial charge in [-0.15, -0.1) is 11.6 Å². The molecule has 0 aromatic heterocycles. The number of amides is 1. The van der Waals surface area contributed by atoms with Crippen LogP contribution in [0.15, 0.2) is 30.3 Å². The first-order chi connectivity index (χ1) is 9.97. The Morgan fingerprint density at radius 3 is 2.67 bits per heavy atom. The molecule has 1 unspecified atom stereocenters. The van der Waals surface area contributed by atoms with Gasteiger partial charge in [-0.05, 0) is 47.4 Å². The lowest BCUT2D eigenvalue weighted by Crippen LogP contribution is -2.03. The molecule has 0 radical (unpaired) electrons. The van der Waals surface area contributed by atoms with Gasteiger partial charge in [-0.2, -0.15) is 0 Å². The molecule has 21 heavy (non-hydrogen) atoms. The Kier molecular flexibility index (Phi) is 3.87. The molecule has 1 heterocycles. The quantitative estimate of drug-likeness (QED) is 0.755. The van der Waals surface area contributed by atoms with E-state index in [-0.39, 0.29) is 5.91 Å². The zero-order valence-electron chi connectivity index (χ0n) is 11.2. The summed E-state index contributed by atoms with van der Waals surface area (Å²) in [6.45, 7) is 1.93. The van der Waals surface area contributed by atoms with Gasteiger partial charge in [0.05, 0.1) is 11.8 Å². The Bertz CT molecular complexity index is 743. The molecule has 0 saturated carbocycles. The van der Waals surface area contributed by atoms with Crippen LogP contribution in [0.25, 0.3) is 0 Å². The second-order valence-electron chi connectivity index (χ2n) is 5.07. The SMILES string of the molecule is Cc1c(Cl)cccc1C(Cl)c1cc2c(cc1Cl)NC(=O)C2. The number of anilines is 1. The van der Waals surface area contributed by atoms with Gasteiger partial charge in [0.2, 0.25) is 5.91 Å². The lowest BCUT2D eigenvalue weighted by atomic mass is 9.98. The van der Waals surface area contributed by atoms with Crippen LogP contribution in [0.1, 0.15) is 27.6 Å². The van der Waals surface area contributed by atoms with Crippen molar-refractivity contribution >= 4 is 46.4 Å². The van der Waals surface area contributed by atoms with E-state index in [1.165, 1.54) is 0 Å². The minimum Gasteiger partial charge on any atom is -0.325 e. The van der Waals surface area contributed by atoms with Gasteiger partial charge in [-0.3, -0.25) is 4.79 Å². The number of nitrogens with one attached hydrogen (secondary N) is 1. The van der Waals surface area contributed by atoms with Crippen LogP contribution >= 0.6 is 34.8 Å². The second-order valence-corrected chi connectivity index (χ2v) is 6.32. The first kappa shape index (κ1) is 14.7. The van der Waals surface area contributed by atoms with Crippen LogP contribution in [0.2, 0.25) is 10.0 Å². The van der Waals surface area contributed by atoms with Gasteiger partial charge in [-0.1, -0.05) is 35.3 Å². The van der Waals surface area contributed by atoms with Gasteiger partial charge >= 0.3 is 0 Å². The standard InChI is InChI=1S/C16H12Cl3NO/c1-8-10(3-2-4-12(8)17)16(19)11-5-9-6-15(21)20-14(9)7-13(11)18/h2-5,7,16H,6H2,1H3,(H,20,21). The minimum atomic E-state index is -0.405. The molecule has 0 aliphatic carbocycles. The molecule has 0 spiro atoms. The third-order valence-corrected chi connectivity index (χ3v) is 4.91. The van der Waals surface area contributed by atoms with Crippen LogP contribution < -0.4 is 5.32 Å². The van der Waals surface area contributed by atoms with E-state index in [1.807, 2.05) is 31.2 Å². The predicted octanol–water partition coefficient (Wildman–Crippen LogP) is 5.12. The summed E-state index contributed by atoms with van der Waals surface area (Å²) in [6.07, 6.45) is 0.359. The Labute approximate surface area is 138 Å². The Balaban J connectivity index is 2.06. The molecule has 1 aliphatic heterocycles. The highest BCUT2D eigenvalue weighted by atomic mass is 35.5. The first-order valence-corrected chi connectivity index (χ1v) is 7.68. The number of hydrogen-bond donors (Lipinski definition) is 1. The molecular weight excluding hydrogens is 329 g/mol. The molecule has 0 saturated heterocycles. The van der Waals surface area contributed by atoms with Crippen LogP contribution in [0.4, 0.5) is 5.69 Å². The lowest BCUT2D eigenvalue weighted by Gasteiger charge is -2.16. The fraction of sp³-hybridized carbons (Fsp3) is 0.188. The summed E-state index contributed by atoms with van der Waals surface area (Å²) in [4.78, 5) is 11.5. The van der Waals surface area contributed by atoms with Gasteiger partial charge in [0, 0.05) is 15.7 Å². The highest BCUT2D eigenvalue weighted by Crippen LogP contribution is 2.40. The molecule has 2 aromatic carbocycles. The molecule has 3 rings (SSSR count). The fourth-order valence-corrected chi connectivity index (χ4v) is 3.46. The number of carbonyl (C=O) groups is 1. The number of hydrogen-bond acceptors (Lipinski definition) is 1. The van der Waals surface area contributed by atoms with Crippen molar-refractivity contribution in [3.63, 3.8) is 0 Å². The Hall–Kier alpha value is -1.22. The maximum absolute atomic E-state index is 11.5. The molecule has 5 heteroatoms. The molecule has 0 bridgehead atoms. The van der Waals surface area contributed by atoms with E-state index < -0.39 is 5.38 Å². The Morgan fingerprint density at radius 1 is 1.14 bits per heavy atom. The highest BCUT2D eigenvalue weighted by Gasteiger charge is 2.23. The van der Waals surface area contributed by atoms with Gasteiger partial charge in [0.25, 0.3) is 0 Å². The van der Waals surface area contributed by atoms with Gasteiger partial charge < -0.3 is 5.32 Å². The first-order valence-electron chi connectivity index (χ1n) is 6.48. The molecule has 1 amide bonds. The Morgan fingerprint density at radius 2 is 1.90 bits per heavy atom. The summed E-state index contributed by atoms with van der Waals surface area (Å²) in [6, 6.07) is 9.29. The van der Waals surface area contributed by atoms with Crippen LogP contribution in [-0.2, 0) is 11.2 Å². The summed E-state index contributed by atoms with van der Waals surface area (Å²) in [5.41, 5.74) is 4.33. The average molecular weight is 341 g/mol. The number of benzene rings is 2. The lowest BCUT2D eigenvalue weighted by molar-refractivity contribution is -0.115. The maximum Gasteiger partial charge on any atom is 0.228 e. The summed E-state index contributed by atoms with van der Waals surface area (Å²) in [5.74, 6) is -0.0247. The van der Waals surface area contributed by atoms with Crippen LogP contribution in [0.5, 0.6) is 0 Å².